The molecular formula is C20H26O3S. The van der Waals surface area contributed by atoms with E-state index in [9.17, 15) is 4.79 Å². The molecule has 24 heavy (non-hydrogen) atoms. The summed E-state index contributed by atoms with van der Waals surface area (Å²) < 4.78 is 5.76. The minimum Gasteiger partial charge on any atom is -0.488 e. The van der Waals surface area contributed by atoms with Gasteiger partial charge in [-0.1, -0.05) is 38.0 Å². The van der Waals surface area contributed by atoms with Crippen LogP contribution in [0.15, 0.2) is 41.8 Å². The van der Waals surface area contributed by atoms with Crippen molar-refractivity contribution in [3.8, 4) is 5.75 Å². The van der Waals surface area contributed by atoms with Crippen LogP contribution < -0.4 is 4.74 Å². The quantitative estimate of drug-likeness (QED) is 0.543. The van der Waals surface area contributed by atoms with Crippen molar-refractivity contribution in [3.63, 3.8) is 0 Å². The Morgan fingerprint density at radius 3 is 2.58 bits per heavy atom. The van der Waals surface area contributed by atoms with Crippen molar-refractivity contribution in [2.75, 3.05) is 0 Å². The summed E-state index contributed by atoms with van der Waals surface area (Å²) in [5, 5.41) is 11.1. The van der Waals surface area contributed by atoms with E-state index in [0.29, 0.717) is 6.61 Å². The number of hydrogen-bond donors (Lipinski definition) is 1. The van der Waals surface area contributed by atoms with E-state index in [1.807, 2.05) is 25.1 Å². The van der Waals surface area contributed by atoms with Gasteiger partial charge in [-0.25, -0.2) is 0 Å². The van der Waals surface area contributed by atoms with E-state index in [0.717, 1.165) is 44.3 Å². The third kappa shape index (κ3) is 6.36. The Kier molecular flexibility index (Phi) is 7.83. The zero-order valence-corrected chi connectivity index (χ0v) is 15.1. The Morgan fingerprint density at radius 2 is 1.96 bits per heavy atom. The van der Waals surface area contributed by atoms with Crippen LogP contribution >= 0.6 is 11.3 Å². The highest BCUT2D eigenvalue weighted by atomic mass is 32.1. The molecule has 2 rings (SSSR count). The first-order valence-electron chi connectivity index (χ1n) is 8.66. The van der Waals surface area contributed by atoms with Crippen LogP contribution in [0.5, 0.6) is 5.75 Å². The van der Waals surface area contributed by atoms with Crippen molar-refractivity contribution < 1.29 is 14.6 Å². The molecule has 0 saturated carbocycles. The average Bonchev–Trinajstić information content (AvgIpc) is 3.10. The van der Waals surface area contributed by atoms with E-state index in [1.165, 1.54) is 10.4 Å². The maximum Gasteiger partial charge on any atom is 0.306 e. The van der Waals surface area contributed by atoms with E-state index in [4.69, 9.17) is 9.84 Å². The largest absolute Gasteiger partial charge is 0.488 e. The molecule has 0 bridgehead atoms. The molecule has 1 aromatic carbocycles. The molecule has 0 radical (unpaired) electrons. The monoisotopic (exact) mass is 346 g/mol. The standard InChI is InChI=1S/C20H26O3S/c1-2-17(20(21)22)8-5-3-4-7-16-10-12-18(13-11-16)23-15-19-9-6-14-24-19/h6,9-14,17H,2-5,7-8,15H2,1H3,(H,21,22). The van der Waals surface area contributed by atoms with Gasteiger partial charge in [-0.15, -0.1) is 11.3 Å². The first-order chi connectivity index (χ1) is 11.7. The Hall–Kier alpha value is -1.81. The second-order valence-corrected chi connectivity index (χ2v) is 7.09. The minimum absolute atomic E-state index is 0.176. The molecular weight excluding hydrogens is 320 g/mol. The first-order valence-corrected chi connectivity index (χ1v) is 9.54. The summed E-state index contributed by atoms with van der Waals surface area (Å²) in [5.41, 5.74) is 1.31. The van der Waals surface area contributed by atoms with E-state index in [2.05, 4.69) is 23.6 Å². The maximum atomic E-state index is 11.0. The molecule has 2 aromatic rings. The molecule has 1 atom stereocenters. The van der Waals surface area contributed by atoms with E-state index in [1.54, 1.807) is 11.3 Å². The number of unbranched alkanes of at least 4 members (excludes halogenated alkanes) is 2. The van der Waals surface area contributed by atoms with Gasteiger partial charge in [0.25, 0.3) is 0 Å². The summed E-state index contributed by atoms with van der Waals surface area (Å²) in [6.45, 7) is 2.57. The number of thiophene rings is 1. The van der Waals surface area contributed by atoms with Crippen molar-refractivity contribution in [2.45, 2.75) is 52.1 Å². The van der Waals surface area contributed by atoms with Gasteiger partial charge in [-0.2, -0.15) is 0 Å². The predicted octanol–water partition coefficient (Wildman–Crippen LogP) is 5.54. The fourth-order valence-electron chi connectivity index (χ4n) is 2.70. The zero-order chi connectivity index (χ0) is 17.2. The van der Waals surface area contributed by atoms with Crippen LogP contribution in [-0.2, 0) is 17.8 Å². The summed E-state index contributed by atoms with van der Waals surface area (Å²) >= 11 is 1.70. The van der Waals surface area contributed by atoms with Crippen LogP contribution in [0.1, 0.15) is 49.5 Å². The van der Waals surface area contributed by atoms with Crippen molar-refractivity contribution in [2.24, 2.45) is 5.92 Å². The molecule has 0 aliphatic heterocycles. The third-order valence-corrected chi connectivity index (χ3v) is 5.09. The molecule has 130 valence electrons. The van der Waals surface area contributed by atoms with Crippen LogP contribution in [-0.4, -0.2) is 11.1 Å². The van der Waals surface area contributed by atoms with Gasteiger partial charge in [0.15, 0.2) is 0 Å². The highest BCUT2D eigenvalue weighted by molar-refractivity contribution is 7.09. The van der Waals surface area contributed by atoms with E-state index in [-0.39, 0.29) is 5.92 Å². The lowest BCUT2D eigenvalue weighted by Crippen LogP contribution is -2.12. The highest BCUT2D eigenvalue weighted by Crippen LogP contribution is 2.18. The molecule has 1 unspecified atom stereocenters. The van der Waals surface area contributed by atoms with Gasteiger partial charge in [-0.3, -0.25) is 4.79 Å². The normalized spacial score (nSPS) is 12.0. The number of hydrogen-bond acceptors (Lipinski definition) is 3. The first kappa shape index (κ1) is 18.5. The lowest BCUT2D eigenvalue weighted by Gasteiger charge is -2.09. The highest BCUT2D eigenvalue weighted by Gasteiger charge is 2.13. The second kappa shape index (κ2) is 10.1. The lowest BCUT2D eigenvalue weighted by atomic mass is 9.98. The Labute approximate surface area is 148 Å². The summed E-state index contributed by atoms with van der Waals surface area (Å²) in [4.78, 5) is 12.2. The molecule has 0 spiro atoms. The van der Waals surface area contributed by atoms with Crippen molar-refractivity contribution in [1.29, 1.82) is 0 Å². The third-order valence-electron chi connectivity index (χ3n) is 4.24. The smallest absolute Gasteiger partial charge is 0.306 e. The van der Waals surface area contributed by atoms with Gasteiger partial charge in [-0.05, 0) is 54.8 Å². The summed E-state index contributed by atoms with van der Waals surface area (Å²) in [6.07, 6.45) is 5.73. The molecule has 0 aliphatic carbocycles. The second-order valence-electron chi connectivity index (χ2n) is 6.05. The minimum atomic E-state index is -0.657. The van der Waals surface area contributed by atoms with Crippen molar-refractivity contribution in [1.82, 2.24) is 0 Å². The van der Waals surface area contributed by atoms with E-state index < -0.39 is 5.97 Å². The number of ether oxygens (including phenoxy) is 1. The molecule has 0 fully saturated rings. The average molecular weight is 346 g/mol. The SMILES string of the molecule is CCC(CCCCCc1ccc(OCc2cccs2)cc1)C(=O)O. The van der Waals surface area contributed by atoms with Crippen molar-refractivity contribution in [3.05, 3.63) is 52.2 Å². The number of carboxylic acid groups (broad SMARTS) is 1. The number of benzene rings is 1. The van der Waals surface area contributed by atoms with Gasteiger partial charge in [0.2, 0.25) is 0 Å². The number of carboxylic acids is 1. The summed E-state index contributed by atoms with van der Waals surface area (Å²) in [6, 6.07) is 12.4. The van der Waals surface area contributed by atoms with Gasteiger partial charge in [0.05, 0.1) is 5.92 Å². The topological polar surface area (TPSA) is 46.5 Å². The molecule has 3 nitrogen and oxygen atoms in total. The molecule has 1 heterocycles. The molecule has 0 aliphatic rings. The summed E-state index contributed by atoms with van der Waals surface area (Å²) in [5.74, 6) is 0.0693. The lowest BCUT2D eigenvalue weighted by molar-refractivity contribution is -0.142. The number of carbonyl (C=O) groups is 1. The van der Waals surface area contributed by atoms with Crippen LogP contribution in [0.3, 0.4) is 0 Å². The predicted molar refractivity (Wildman–Crippen MR) is 98.7 cm³/mol. The van der Waals surface area contributed by atoms with Crippen LogP contribution in [0, 0.1) is 5.92 Å². The maximum absolute atomic E-state index is 11.0. The molecule has 1 N–H and O–H groups in total. The van der Waals surface area contributed by atoms with Gasteiger partial charge in [0.1, 0.15) is 12.4 Å². The van der Waals surface area contributed by atoms with Gasteiger partial charge in [0, 0.05) is 4.88 Å². The zero-order valence-electron chi connectivity index (χ0n) is 14.2. The summed E-state index contributed by atoms with van der Waals surface area (Å²) in [7, 11) is 0. The molecule has 1 aromatic heterocycles. The van der Waals surface area contributed by atoms with Gasteiger partial charge < -0.3 is 9.84 Å². The fraction of sp³-hybridized carbons (Fsp3) is 0.450. The Morgan fingerprint density at radius 1 is 1.17 bits per heavy atom. The molecule has 0 amide bonds. The molecule has 0 saturated heterocycles. The number of rotatable bonds is 11. The molecule has 4 heteroatoms. The van der Waals surface area contributed by atoms with E-state index >= 15 is 0 Å². The number of aryl methyl sites for hydroxylation is 1. The number of aliphatic carboxylic acids is 1. The Bertz CT molecular complexity index is 590. The van der Waals surface area contributed by atoms with Crippen LogP contribution in [0.2, 0.25) is 0 Å². The Balaban J connectivity index is 1.64. The van der Waals surface area contributed by atoms with Crippen LogP contribution in [0.4, 0.5) is 0 Å². The fourth-order valence-corrected chi connectivity index (χ4v) is 3.32. The van der Waals surface area contributed by atoms with Gasteiger partial charge >= 0.3 is 5.97 Å². The van der Waals surface area contributed by atoms with Crippen molar-refractivity contribution >= 4 is 17.3 Å². The van der Waals surface area contributed by atoms with Crippen LogP contribution in [0.25, 0.3) is 0 Å².